The fourth-order valence-corrected chi connectivity index (χ4v) is 0.927. The second kappa shape index (κ2) is 5.97. The van der Waals surface area contributed by atoms with Gasteiger partial charge in [-0.25, -0.2) is 4.79 Å². The molecule has 1 unspecified atom stereocenters. The maximum atomic E-state index is 10.3. The van der Waals surface area contributed by atoms with E-state index in [2.05, 4.69) is 0 Å². The molecule has 0 amide bonds. The van der Waals surface area contributed by atoms with E-state index in [1.54, 1.807) is 0 Å². The molecule has 1 N–H and O–H groups in total. The van der Waals surface area contributed by atoms with E-state index in [9.17, 15) is 4.79 Å². The van der Waals surface area contributed by atoms with Gasteiger partial charge in [-0.05, 0) is 7.05 Å². The van der Waals surface area contributed by atoms with Crippen molar-refractivity contribution in [3.63, 3.8) is 0 Å². The van der Waals surface area contributed by atoms with Crippen LogP contribution in [-0.2, 0) is 9.53 Å². The molecule has 0 spiro atoms. The average Bonchev–Trinajstić information content (AvgIpc) is 2.08. The summed E-state index contributed by atoms with van der Waals surface area (Å²) in [5.41, 5.74) is 0. The summed E-state index contributed by atoms with van der Waals surface area (Å²) >= 11 is 0. The molecule has 0 bridgehead atoms. The Hall–Kier alpha value is -0.610. The molecule has 0 radical (unpaired) electrons. The van der Waals surface area contributed by atoms with Crippen molar-refractivity contribution in [2.24, 2.45) is 0 Å². The Morgan fingerprint density at radius 3 is 2.50 bits per heavy atom. The fraction of sp³-hybridized carbons (Fsp3) is 0.875. The van der Waals surface area contributed by atoms with Gasteiger partial charge in [0.15, 0.2) is 6.10 Å². The smallest absolute Gasteiger partial charge is 0.334 e. The first-order chi connectivity index (χ1) is 5.70. The minimum Gasteiger partial charge on any atom is -0.479 e. The summed E-state index contributed by atoms with van der Waals surface area (Å²) < 4.78 is 4.97. The first-order valence-corrected chi connectivity index (χ1v) is 4.23. The van der Waals surface area contributed by atoms with E-state index in [-0.39, 0.29) is 0 Å². The second-order valence-corrected chi connectivity index (χ2v) is 2.46. The van der Waals surface area contributed by atoms with Crippen molar-refractivity contribution in [3.05, 3.63) is 0 Å². The van der Waals surface area contributed by atoms with Crippen LogP contribution in [0.4, 0.5) is 0 Å². The normalized spacial score (nSPS) is 24.1. The van der Waals surface area contributed by atoms with Crippen LogP contribution < -0.4 is 0 Å². The number of likely N-dealkylation sites (N-methyl/N-ethyl adjacent to an activating group) is 1. The third kappa shape index (κ3) is 3.69. The summed E-state index contributed by atoms with van der Waals surface area (Å²) in [6, 6.07) is 0. The second-order valence-electron chi connectivity index (χ2n) is 2.46. The lowest BCUT2D eigenvalue weighted by Crippen LogP contribution is -2.43. The zero-order chi connectivity index (χ0) is 9.56. The molecule has 0 aromatic rings. The number of carbonyl (C=O) groups is 1. The Kier molecular flexibility index (Phi) is 5.66. The summed E-state index contributed by atoms with van der Waals surface area (Å²) in [6.07, 6.45) is -0.626. The van der Waals surface area contributed by atoms with E-state index in [0.717, 1.165) is 6.54 Å². The van der Waals surface area contributed by atoms with Crippen LogP contribution in [0.3, 0.4) is 0 Å². The number of carboxylic acid groups (broad SMARTS) is 1. The van der Waals surface area contributed by atoms with E-state index >= 15 is 0 Å². The quantitative estimate of drug-likeness (QED) is 0.627. The first-order valence-electron chi connectivity index (χ1n) is 4.23. The summed E-state index contributed by atoms with van der Waals surface area (Å²) in [5.74, 6) is -0.869. The summed E-state index contributed by atoms with van der Waals surface area (Å²) in [4.78, 5) is 12.3. The van der Waals surface area contributed by atoms with Crippen LogP contribution in [0, 0.1) is 0 Å². The molecule has 12 heavy (non-hydrogen) atoms. The topological polar surface area (TPSA) is 49.8 Å². The molecule has 0 aromatic heterocycles. The van der Waals surface area contributed by atoms with Gasteiger partial charge < -0.3 is 14.7 Å². The van der Waals surface area contributed by atoms with E-state index < -0.39 is 12.1 Å². The summed E-state index contributed by atoms with van der Waals surface area (Å²) in [5, 5.41) is 8.50. The van der Waals surface area contributed by atoms with Crippen LogP contribution in [0.25, 0.3) is 0 Å². The molecule has 1 aliphatic rings. The van der Waals surface area contributed by atoms with E-state index in [1.165, 1.54) is 0 Å². The van der Waals surface area contributed by atoms with Crippen LogP contribution in [0.2, 0.25) is 0 Å². The van der Waals surface area contributed by atoms with Crippen LogP contribution in [-0.4, -0.2) is 48.8 Å². The fourth-order valence-electron chi connectivity index (χ4n) is 0.927. The van der Waals surface area contributed by atoms with Gasteiger partial charge in [0.25, 0.3) is 0 Å². The van der Waals surface area contributed by atoms with E-state index in [1.807, 2.05) is 25.8 Å². The molecular weight excluding hydrogens is 158 g/mol. The summed E-state index contributed by atoms with van der Waals surface area (Å²) in [7, 11) is 1.89. The van der Waals surface area contributed by atoms with Gasteiger partial charge in [0, 0.05) is 13.1 Å². The first kappa shape index (κ1) is 11.4. The third-order valence-electron chi connectivity index (χ3n) is 1.54. The Morgan fingerprint density at radius 2 is 2.17 bits per heavy atom. The van der Waals surface area contributed by atoms with Crippen molar-refractivity contribution in [2.45, 2.75) is 20.0 Å². The predicted molar refractivity (Wildman–Crippen MR) is 46.2 cm³/mol. The molecule has 1 heterocycles. The minimum atomic E-state index is -0.869. The van der Waals surface area contributed by atoms with Crippen molar-refractivity contribution < 1.29 is 14.6 Å². The van der Waals surface area contributed by atoms with Gasteiger partial charge in [0.1, 0.15) is 0 Å². The highest BCUT2D eigenvalue weighted by Gasteiger charge is 2.23. The Bertz CT molecular complexity index is 138. The van der Waals surface area contributed by atoms with Gasteiger partial charge >= 0.3 is 5.97 Å². The van der Waals surface area contributed by atoms with Crippen LogP contribution in [0.1, 0.15) is 13.8 Å². The van der Waals surface area contributed by atoms with Gasteiger partial charge in [-0.2, -0.15) is 0 Å². The highest BCUT2D eigenvalue weighted by molar-refractivity contribution is 5.72. The summed E-state index contributed by atoms with van der Waals surface area (Å²) in [6.45, 7) is 5.84. The molecule has 1 rings (SSSR count). The van der Waals surface area contributed by atoms with Gasteiger partial charge in [-0.15, -0.1) is 0 Å². The molecule has 1 aliphatic heterocycles. The number of nitrogens with zero attached hydrogens (tertiary/aromatic N) is 1. The molecule has 1 atom stereocenters. The van der Waals surface area contributed by atoms with Gasteiger partial charge in [-0.1, -0.05) is 13.8 Å². The average molecular weight is 175 g/mol. The molecular formula is C8H17NO3. The van der Waals surface area contributed by atoms with Gasteiger partial charge in [-0.3, -0.25) is 0 Å². The van der Waals surface area contributed by atoms with Crippen molar-refractivity contribution in [3.8, 4) is 0 Å². The molecule has 4 heteroatoms. The number of hydrogen-bond donors (Lipinski definition) is 1. The Balaban J connectivity index is 0.000000561. The van der Waals surface area contributed by atoms with Gasteiger partial charge in [0.2, 0.25) is 0 Å². The minimum absolute atomic E-state index is 0.495. The lowest BCUT2D eigenvalue weighted by Gasteiger charge is -2.27. The van der Waals surface area contributed by atoms with Crippen molar-refractivity contribution in [1.82, 2.24) is 4.90 Å². The number of carboxylic acids is 1. The number of morpholine rings is 1. The number of hydrogen-bond acceptors (Lipinski definition) is 3. The molecule has 0 saturated carbocycles. The molecule has 0 aliphatic carbocycles. The standard InChI is InChI=1S/C6H11NO3.C2H6/c1-7-2-3-10-5(4-7)6(8)9;1-2/h5H,2-4H2,1H3,(H,8,9);1-2H3. The number of rotatable bonds is 1. The maximum absolute atomic E-state index is 10.3. The Labute approximate surface area is 73.1 Å². The number of aliphatic carboxylic acids is 1. The molecule has 1 fully saturated rings. The van der Waals surface area contributed by atoms with Crippen LogP contribution in [0.5, 0.6) is 0 Å². The van der Waals surface area contributed by atoms with Crippen molar-refractivity contribution in [1.29, 1.82) is 0 Å². The third-order valence-corrected chi connectivity index (χ3v) is 1.54. The predicted octanol–water partition coefficient (Wildman–Crippen LogP) is 0.428. The van der Waals surface area contributed by atoms with Crippen LogP contribution in [0.15, 0.2) is 0 Å². The zero-order valence-corrected chi connectivity index (χ0v) is 7.91. The lowest BCUT2D eigenvalue weighted by molar-refractivity contribution is -0.155. The van der Waals surface area contributed by atoms with Crippen molar-refractivity contribution in [2.75, 3.05) is 26.7 Å². The van der Waals surface area contributed by atoms with E-state index in [4.69, 9.17) is 9.84 Å². The largest absolute Gasteiger partial charge is 0.479 e. The molecule has 72 valence electrons. The van der Waals surface area contributed by atoms with Crippen LogP contribution >= 0.6 is 0 Å². The zero-order valence-electron chi connectivity index (χ0n) is 7.91. The highest BCUT2D eigenvalue weighted by Crippen LogP contribution is 2.01. The van der Waals surface area contributed by atoms with Crippen molar-refractivity contribution >= 4 is 5.97 Å². The molecule has 0 aromatic carbocycles. The number of ether oxygens (including phenoxy) is 1. The SMILES string of the molecule is CC.CN1CCOC(C(=O)O)C1. The highest BCUT2D eigenvalue weighted by atomic mass is 16.5. The molecule has 1 saturated heterocycles. The van der Waals surface area contributed by atoms with Gasteiger partial charge in [0.05, 0.1) is 6.61 Å². The van der Waals surface area contributed by atoms with E-state index in [0.29, 0.717) is 13.2 Å². The molecule has 4 nitrogen and oxygen atoms in total. The monoisotopic (exact) mass is 175 g/mol. The Morgan fingerprint density at radius 1 is 1.58 bits per heavy atom. The maximum Gasteiger partial charge on any atom is 0.334 e. The lowest BCUT2D eigenvalue weighted by atomic mass is 10.3.